The quantitative estimate of drug-likeness (QED) is 0.630. The first-order chi connectivity index (χ1) is 12.9. The molecule has 0 spiro atoms. The van der Waals surface area contributed by atoms with Crippen LogP contribution >= 0.6 is 11.8 Å². The summed E-state index contributed by atoms with van der Waals surface area (Å²) in [5.74, 6) is -0.158. The van der Waals surface area contributed by atoms with Crippen molar-refractivity contribution < 1.29 is 9.59 Å². The number of amides is 2. The van der Waals surface area contributed by atoms with E-state index in [0.717, 1.165) is 36.8 Å². The molecule has 2 amide bonds. The van der Waals surface area contributed by atoms with Crippen molar-refractivity contribution in [3.05, 3.63) is 39.8 Å². The van der Waals surface area contributed by atoms with Crippen molar-refractivity contribution >= 4 is 29.1 Å². The Bertz CT molecular complexity index is 758. The van der Waals surface area contributed by atoms with Gasteiger partial charge in [0.25, 0.3) is 11.8 Å². The lowest BCUT2D eigenvalue weighted by atomic mass is 9.95. The molecule has 0 saturated heterocycles. The summed E-state index contributed by atoms with van der Waals surface area (Å²) < 4.78 is 0. The molecule has 0 bridgehead atoms. The van der Waals surface area contributed by atoms with Crippen LogP contribution in [-0.4, -0.2) is 28.0 Å². The minimum Gasteiger partial charge on any atom is -0.271 e. The molecule has 1 saturated carbocycles. The second kappa shape index (κ2) is 8.64. The minimum atomic E-state index is -0.0861. The van der Waals surface area contributed by atoms with E-state index in [0.29, 0.717) is 10.5 Å². The SMILES string of the molecule is Cc1ccc(C2=C(SC(C)C)C(=O)N(C3CCCCCCC3)C2=O)cc1C. The number of aryl methyl sites for hydroxylation is 2. The van der Waals surface area contributed by atoms with E-state index in [2.05, 4.69) is 33.8 Å². The summed E-state index contributed by atoms with van der Waals surface area (Å²) >= 11 is 1.53. The number of imide groups is 1. The molecule has 3 nitrogen and oxygen atoms in total. The first-order valence-corrected chi connectivity index (χ1v) is 11.1. The number of thioether (sulfide) groups is 1. The maximum absolute atomic E-state index is 13.4. The standard InChI is InChI=1S/C23H31NO2S/c1-15(2)27-21-20(18-13-12-16(3)17(4)14-18)22(25)24(23(21)26)19-10-8-6-5-7-9-11-19/h12-15,19H,5-11H2,1-4H3. The van der Waals surface area contributed by atoms with E-state index < -0.39 is 0 Å². The van der Waals surface area contributed by atoms with Gasteiger partial charge in [0, 0.05) is 11.3 Å². The van der Waals surface area contributed by atoms with Gasteiger partial charge in [-0.3, -0.25) is 14.5 Å². The molecule has 0 N–H and O–H groups in total. The topological polar surface area (TPSA) is 37.4 Å². The van der Waals surface area contributed by atoms with Crippen molar-refractivity contribution in [3.8, 4) is 0 Å². The van der Waals surface area contributed by atoms with Crippen LogP contribution < -0.4 is 0 Å². The van der Waals surface area contributed by atoms with Crippen molar-refractivity contribution in [1.82, 2.24) is 4.90 Å². The van der Waals surface area contributed by atoms with Gasteiger partial charge in [0.2, 0.25) is 0 Å². The molecule has 27 heavy (non-hydrogen) atoms. The van der Waals surface area contributed by atoms with E-state index in [9.17, 15) is 9.59 Å². The maximum atomic E-state index is 13.4. The van der Waals surface area contributed by atoms with Crippen LogP contribution in [0.3, 0.4) is 0 Å². The van der Waals surface area contributed by atoms with E-state index >= 15 is 0 Å². The third-order valence-corrected chi connectivity index (χ3v) is 6.75. The lowest BCUT2D eigenvalue weighted by molar-refractivity contribution is -0.139. The third-order valence-electron chi connectivity index (χ3n) is 5.66. The Morgan fingerprint density at radius 2 is 1.56 bits per heavy atom. The Labute approximate surface area is 167 Å². The molecule has 0 atom stereocenters. The van der Waals surface area contributed by atoms with Crippen LogP contribution in [0.2, 0.25) is 0 Å². The van der Waals surface area contributed by atoms with E-state index in [4.69, 9.17) is 0 Å². The predicted molar refractivity (Wildman–Crippen MR) is 114 cm³/mol. The monoisotopic (exact) mass is 385 g/mol. The zero-order chi connectivity index (χ0) is 19.6. The molecule has 0 aromatic heterocycles. The summed E-state index contributed by atoms with van der Waals surface area (Å²) in [6.45, 7) is 8.28. The Morgan fingerprint density at radius 1 is 0.926 bits per heavy atom. The van der Waals surface area contributed by atoms with Gasteiger partial charge in [0.1, 0.15) is 0 Å². The molecule has 0 radical (unpaired) electrons. The van der Waals surface area contributed by atoms with Gasteiger partial charge in [-0.15, -0.1) is 11.8 Å². The van der Waals surface area contributed by atoms with E-state index in [1.807, 2.05) is 12.1 Å². The largest absolute Gasteiger partial charge is 0.271 e. The Hall–Kier alpha value is -1.55. The molecule has 1 heterocycles. The Balaban J connectivity index is 1.99. The third kappa shape index (κ3) is 4.31. The van der Waals surface area contributed by atoms with Gasteiger partial charge in [0.05, 0.1) is 10.5 Å². The summed E-state index contributed by atoms with van der Waals surface area (Å²) in [7, 11) is 0. The van der Waals surface area contributed by atoms with Gasteiger partial charge in [-0.2, -0.15) is 0 Å². The van der Waals surface area contributed by atoms with Crippen molar-refractivity contribution in [2.75, 3.05) is 0 Å². The average Bonchev–Trinajstić information content (AvgIpc) is 2.81. The number of carbonyl (C=O) groups excluding carboxylic acids is 2. The molecule has 1 aromatic carbocycles. The highest BCUT2D eigenvalue weighted by molar-refractivity contribution is 8.04. The van der Waals surface area contributed by atoms with Gasteiger partial charge < -0.3 is 0 Å². The smallest absolute Gasteiger partial charge is 0.268 e. The minimum absolute atomic E-state index is 0.0529. The number of rotatable bonds is 4. The molecule has 146 valence electrons. The number of nitrogens with zero attached hydrogens (tertiary/aromatic N) is 1. The van der Waals surface area contributed by atoms with Crippen LogP contribution in [-0.2, 0) is 9.59 Å². The molecule has 4 heteroatoms. The lowest BCUT2D eigenvalue weighted by Gasteiger charge is -2.28. The number of benzene rings is 1. The van der Waals surface area contributed by atoms with Crippen molar-refractivity contribution in [3.63, 3.8) is 0 Å². The highest BCUT2D eigenvalue weighted by Crippen LogP contribution is 2.40. The van der Waals surface area contributed by atoms with E-state index in [1.165, 1.54) is 36.6 Å². The van der Waals surface area contributed by atoms with Gasteiger partial charge in [-0.25, -0.2) is 0 Å². The number of hydrogen-bond acceptors (Lipinski definition) is 3. The first kappa shape index (κ1) is 20.2. The molecule has 1 fully saturated rings. The van der Waals surface area contributed by atoms with E-state index in [-0.39, 0.29) is 23.1 Å². The number of carbonyl (C=O) groups is 2. The molecular weight excluding hydrogens is 354 g/mol. The Kier molecular flexibility index (Phi) is 6.46. The normalized spacial score (nSPS) is 19.8. The number of hydrogen-bond donors (Lipinski definition) is 0. The molecule has 0 unspecified atom stereocenters. The van der Waals surface area contributed by atoms with Crippen LogP contribution in [0.4, 0.5) is 0 Å². The molecule has 2 aliphatic rings. The second-order valence-electron chi connectivity index (χ2n) is 8.15. The van der Waals surface area contributed by atoms with Crippen molar-refractivity contribution in [2.45, 2.75) is 83.9 Å². The summed E-state index contributed by atoms with van der Waals surface area (Å²) in [6, 6.07) is 6.15. The zero-order valence-corrected chi connectivity index (χ0v) is 17.8. The molecule has 1 aliphatic heterocycles. The summed E-state index contributed by atoms with van der Waals surface area (Å²) in [4.78, 5) is 29.0. The lowest BCUT2D eigenvalue weighted by Crippen LogP contribution is -2.41. The van der Waals surface area contributed by atoms with Gasteiger partial charge in [0.15, 0.2) is 0 Å². The summed E-state index contributed by atoms with van der Waals surface area (Å²) in [6.07, 6.45) is 7.78. The molecule has 3 rings (SSSR count). The van der Waals surface area contributed by atoms with Gasteiger partial charge in [-0.1, -0.05) is 64.2 Å². The maximum Gasteiger partial charge on any atom is 0.268 e. The highest BCUT2D eigenvalue weighted by Gasteiger charge is 2.42. The fourth-order valence-electron chi connectivity index (χ4n) is 4.05. The van der Waals surface area contributed by atoms with Crippen molar-refractivity contribution in [2.24, 2.45) is 0 Å². The van der Waals surface area contributed by atoms with Crippen LogP contribution in [0.5, 0.6) is 0 Å². The fraction of sp³-hybridized carbons (Fsp3) is 0.565. The van der Waals surface area contributed by atoms with Crippen LogP contribution in [0.1, 0.15) is 75.5 Å². The van der Waals surface area contributed by atoms with Crippen LogP contribution in [0.15, 0.2) is 23.1 Å². The summed E-state index contributed by atoms with van der Waals surface area (Å²) in [5.41, 5.74) is 3.85. The molecule has 1 aliphatic carbocycles. The van der Waals surface area contributed by atoms with Gasteiger partial charge in [-0.05, 0) is 43.4 Å². The second-order valence-corrected chi connectivity index (χ2v) is 9.74. The summed E-state index contributed by atoms with van der Waals surface area (Å²) in [5, 5.41) is 0.260. The van der Waals surface area contributed by atoms with E-state index in [1.54, 1.807) is 4.90 Å². The van der Waals surface area contributed by atoms with Crippen LogP contribution in [0.25, 0.3) is 5.57 Å². The zero-order valence-electron chi connectivity index (χ0n) is 17.0. The fourth-order valence-corrected chi connectivity index (χ4v) is 5.04. The van der Waals surface area contributed by atoms with Crippen molar-refractivity contribution in [1.29, 1.82) is 0 Å². The highest BCUT2D eigenvalue weighted by atomic mass is 32.2. The molecule has 1 aromatic rings. The average molecular weight is 386 g/mol. The first-order valence-electron chi connectivity index (χ1n) is 10.3. The molecular formula is C23H31NO2S. The predicted octanol–water partition coefficient (Wildman–Crippen LogP) is 5.64. The Morgan fingerprint density at radius 3 is 2.15 bits per heavy atom. The van der Waals surface area contributed by atoms with Gasteiger partial charge >= 0.3 is 0 Å². The van der Waals surface area contributed by atoms with Crippen LogP contribution in [0, 0.1) is 13.8 Å².